The van der Waals surface area contributed by atoms with Crippen LogP contribution in [0.3, 0.4) is 0 Å². The van der Waals surface area contributed by atoms with Gasteiger partial charge in [-0.3, -0.25) is 4.98 Å². The summed E-state index contributed by atoms with van der Waals surface area (Å²) >= 11 is 6.31. The number of pyridine rings is 1. The Balaban J connectivity index is 1.67. The molecule has 0 fully saturated rings. The standard InChI is InChI=1S/C20H19ClN2/c21-18-9-4-2-6-15(18)11-13-23-12-5-10-19-20(23)17-8-3-1-7-16(17)14-22-19/h1-4,6-9,14H,5,10-13H2. The Morgan fingerprint density at radius 3 is 2.78 bits per heavy atom. The highest BCUT2D eigenvalue weighted by Gasteiger charge is 2.20. The van der Waals surface area contributed by atoms with Crippen molar-refractivity contribution in [2.45, 2.75) is 19.3 Å². The zero-order valence-corrected chi connectivity index (χ0v) is 13.8. The van der Waals surface area contributed by atoms with E-state index in [-0.39, 0.29) is 0 Å². The van der Waals surface area contributed by atoms with Crippen molar-refractivity contribution in [2.24, 2.45) is 0 Å². The highest BCUT2D eigenvalue weighted by Crippen LogP contribution is 2.33. The van der Waals surface area contributed by atoms with Gasteiger partial charge in [-0.2, -0.15) is 0 Å². The van der Waals surface area contributed by atoms with Crippen LogP contribution in [0.2, 0.25) is 5.02 Å². The van der Waals surface area contributed by atoms with Gasteiger partial charge in [0.2, 0.25) is 0 Å². The van der Waals surface area contributed by atoms with Gasteiger partial charge in [0.05, 0.1) is 11.4 Å². The first kappa shape index (κ1) is 14.5. The number of anilines is 1. The summed E-state index contributed by atoms with van der Waals surface area (Å²) in [5.41, 5.74) is 3.77. The lowest BCUT2D eigenvalue weighted by atomic mass is 10.0. The lowest BCUT2D eigenvalue weighted by Crippen LogP contribution is -2.32. The van der Waals surface area contributed by atoms with Gasteiger partial charge in [0, 0.05) is 35.1 Å². The van der Waals surface area contributed by atoms with Crippen molar-refractivity contribution in [2.75, 3.05) is 18.0 Å². The van der Waals surface area contributed by atoms with Gasteiger partial charge >= 0.3 is 0 Å². The molecule has 0 spiro atoms. The van der Waals surface area contributed by atoms with Crippen molar-refractivity contribution < 1.29 is 0 Å². The normalized spacial score (nSPS) is 14.0. The number of rotatable bonds is 3. The van der Waals surface area contributed by atoms with Gasteiger partial charge in [0.15, 0.2) is 0 Å². The summed E-state index contributed by atoms with van der Waals surface area (Å²) in [6.45, 7) is 2.07. The van der Waals surface area contributed by atoms with E-state index in [2.05, 4.69) is 41.3 Å². The van der Waals surface area contributed by atoms with E-state index in [1.807, 2.05) is 18.3 Å². The minimum Gasteiger partial charge on any atom is -0.369 e. The van der Waals surface area contributed by atoms with E-state index in [9.17, 15) is 0 Å². The Bertz CT molecular complexity index is 844. The first-order chi connectivity index (χ1) is 11.3. The van der Waals surface area contributed by atoms with E-state index < -0.39 is 0 Å². The molecular weight excluding hydrogens is 304 g/mol. The summed E-state index contributed by atoms with van der Waals surface area (Å²) in [6, 6.07) is 16.7. The Kier molecular flexibility index (Phi) is 3.92. The number of hydrogen-bond donors (Lipinski definition) is 0. The smallest absolute Gasteiger partial charge is 0.0665 e. The van der Waals surface area contributed by atoms with E-state index in [0.29, 0.717) is 0 Å². The molecule has 2 nitrogen and oxygen atoms in total. The average molecular weight is 323 g/mol. The maximum absolute atomic E-state index is 6.31. The molecule has 0 unspecified atom stereocenters. The maximum atomic E-state index is 6.31. The van der Waals surface area contributed by atoms with Gasteiger partial charge in [-0.15, -0.1) is 0 Å². The molecule has 0 bridgehead atoms. The molecule has 2 heterocycles. The number of nitrogens with zero attached hydrogens (tertiary/aromatic N) is 2. The summed E-state index contributed by atoms with van der Waals surface area (Å²) in [4.78, 5) is 7.19. The fourth-order valence-electron chi connectivity index (χ4n) is 3.45. The lowest BCUT2D eigenvalue weighted by molar-refractivity contribution is 0.678. The molecule has 0 atom stereocenters. The SMILES string of the molecule is Clc1ccccc1CCN1CCCc2ncc3ccccc3c21. The van der Waals surface area contributed by atoms with Gasteiger partial charge in [0.1, 0.15) is 0 Å². The van der Waals surface area contributed by atoms with Gasteiger partial charge in [-0.1, -0.05) is 54.1 Å². The van der Waals surface area contributed by atoms with E-state index in [0.717, 1.165) is 31.0 Å². The van der Waals surface area contributed by atoms with Crippen LogP contribution in [0.1, 0.15) is 17.7 Å². The van der Waals surface area contributed by atoms with Gasteiger partial charge in [-0.25, -0.2) is 0 Å². The third kappa shape index (κ3) is 2.79. The monoisotopic (exact) mass is 322 g/mol. The molecule has 0 saturated heterocycles. The van der Waals surface area contributed by atoms with E-state index in [1.54, 1.807) is 0 Å². The third-order valence-electron chi connectivity index (χ3n) is 4.62. The van der Waals surface area contributed by atoms with Crippen molar-refractivity contribution >= 4 is 28.1 Å². The zero-order chi connectivity index (χ0) is 15.6. The van der Waals surface area contributed by atoms with Crippen LogP contribution < -0.4 is 4.90 Å². The fraction of sp³-hybridized carbons (Fsp3) is 0.250. The molecule has 4 rings (SSSR count). The number of halogens is 1. The van der Waals surface area contributed by atoms with Crippen LogP contribution in [-0.4, -0.2) is 18.1 Å². The molecule has 0 N–H and O–H groups in total. The topological polar surface area (TPSA) is 16.1 Å². The minimum absolute atomic E-state index is 0.862. The van der Waals surface area contributed by atoms with Gasteiger partial charge in [-0.05, 0) is 30.9 Å². The summed E-state index contributed by atoms with van der Waals surface area (Å²) in [6.07, 6.45) is 5.21. The summed E-state index contributed by atoms with van der Waals surface area (Å²) < 4.78 is 0. The predicted octanol–water partition coefficient (Wildman–Crippen LogP) is 4.88. The Morgan fingerprint density at radius 1 is 1.04 bits per heavy atom. The first-order valence-electron chi connectivity index (χ1n) is 8.18. The van der Waals surface area contributed by atoms with Crippen molar-refractivity contribution in [3.05, 3.63) is 71.0 Å². The highest BCUT2D eigenvalue weighted by atomic mass is 35.5. The molecule has 3 aromatic rings. The molecule has 1 aliphatic rings. The summed E-state index contributed by atoms with van der Waals surface area (Å²) in [5.74, 6) is 0. The molecule has 3 heteroatoms. The second kappa shape index (κ2) is 6.21. The van der Waals surface area contributed by atoms with Gasteiger partial charge < -0.3 is 4.90 Å². The number of aromatic nitrogens is 1. The van der Waals surface area contributed by atoms with E-state index >= 15 is 0 Å². The number of benzene rings is 2. The lowest BCUT2D eigenvalue weighted by Gasteiger charge is -2.32. The Hall–Kier alpha value is -2.06. The van der Waals surface area contributed by atoms with Crippen LogP contribution >= 0.6 is 11.6 Å². The van der Waals surface area contributed by atoms with Crippen LogP contribution in [0.4, 0.5) is 5.69 Å². The van der Waals surface area contributed by atoms with Crippen molar-refractivity contribution in [3.8, 4) is 0 Å². The average Bonchev–Trinajstić information content (AvgIpc) is 2.60. The highest BCUT2D eigenvalue weighted by molar-refractivity contribution is 6.31. The molecule has 0 aliphatic carbocycles. The molecular formula is C20H19ClN2. The molecule has 116 valence electrons. The van der Waals surface area contributed by atoms with E-state index in [4.69, 9.17) is 16.6 Å². The van der Waals surface area contributed by atoms with Crippen molar-refractivity contribution in [1.82, 2.24) is 4.98 Å². The van der Waals surface area contributed by atoms with Crippen molar-refractivity contribution in [1.29, 1.82) is 0 Å². The first-order valence-corrected chi connectivity index (χ1v) is 8.56. The van der Waals surface area contributed by atoms with Crippen LogP contribution in [0.5, 0.6) is 0 Å². The van der Waals surface area contributed by atoms with Crippen LogP contribution in [0.15, 0.2) is 54.7 Å². The largest absolute Gasteiger partial charge is 0.369 e. The number of aryl methyl sites for hydroxylation is 1. The molecule has 1 aliphatic heterocycles. The molecule has 0 radical (unpaired) electrons. The van der Waals surface area contributed by atoms with Crippen LogP contribution in [0.25, 0.3) is 10.8 Å². The third-order valence-corrected chi connectivity index (χ3v) is 4.98. The molecule has 0 amide bonds. The van der Waals surface area contributed by atoms with Gasteiger partial charge in [0.25, 0.3) is 0 Å². The zero-order valence-electron chi connectivity index (χ0n) is 13.0. The fourth-order valence-corrected chi connectivity index (χ4v) is 3.68. The predicted molar refractivity (Wildman–Crippen MR) is 97.4 cm³/mol. The molecule has 2 aromatic carbocycles. The minimum atomic E-state index is 0.862. The summed E-state index contributed by atoms with van der Waals surface area (Å²) in [7, 11) is 0. The summed E-state index contributed by atoms with van der Waals surface area (Å²) in [5, 5.41) is 3.40. The number of hydrogen-bond acceptors (Lipinski definition) is 2. The second-order valence-corrected chi connectivity index (χ2v) is 6.48. The van der Waals surface area contributed by atoms with Crippen LogP contribution in [0, 0.1) is 0 Å². The second-order valence-electron chi connectivity index (χ2n) is 6.07. The quantitative estimate of drug-likeness (QED) is 0.683. The molecule has 23 heavy (non-hydrogen) atoms. The Morgan fingerprint density at radius 2 is 1.87 bits per heavy atom. The van der Waals surface area contributed by atoms with E-state index in [1.165, 1.54) is 34.1 Å². The molecule has 0 saturated carbocycles. The molecule has 1 aromatic heterocycles. The maximum Gasteiger partial charge on any atom is 0.0665 e. The Labute approximate surface area is 141 Å². The van der Waals surface area contributed by atoms with Crippen LogP contribution in [-0.2, 0) is 12.8 Å². The number of fused-ring (bicyclic) bond motifs is 3. The van der Waals surface area contributed by atoms with Crippen molar-refractivity contribution in [3.63, 3.8) is 0 Å².